The zero-order valence-corrected chi connectivity index (χ0v) is 7.67. The van der Waals surface area contributed by atoms with Gasteiger partial charge in [-0.1, -0.05) is 13.8 Å². The highest BCUT2D eigenvalue weighted by molar-refractivity contribution is 4.69. The Kier molecular flexibility index (Phi) is 3.34. The zero-order valence-electron chi connectivity index (χ0n) is 7.67. The molecule has 1 unspecified atom stereocenters. The topological polar surface area (TPSA) is 18.5 Å². The SMILES string of the molecule is CCC1C[C@@H](C)C[C@H](OC)O1. The van der Waals surface area contributed by atoms with E-state index in [1.54, 1.807) is 7.11 Å². The number of methoxy groups -OCH3 is 1. The molecule has 0 N–H and O–H groups in total. The fourth-order valence-corrected chi connectivity index (χ4v) is 1.61. The van der Waals surface area contributed by atoms with E-state index in [2.05, 4.69) is 13.8 Å². The first-order valence-corrected chi connectivity index (χ1v) is 4.44. The van der Waals surface area contributed by atoms with Crippen LogP contribution in [-0.2, 0) is 9.47 Å². The fraction of sp³-hybridized carbons (Fsp3) is 1.00. The molecule has 0 aromatic heterocycles. The van der Waals surface area contributed by atoms with Crippen LogP contribution in [0.2, 0.25) is 0 Å². The second-order valence-corrected chi connectivity index (χ2v) is 3.41. The van der Waals surface area contributed by atoms with Gasteiger partial charge in [-0.05, 0) is 18.8 Å². The Balaban J connectivity index is 2.37. The largest absolute Gasteiger partial charge is 0.356 e. The monoisotopic (exact) mass is 158 g/mol. The van der Waals surface area contributed by atoms with Crippen molar-refractivity contribution in [1.82, 2.24) is 0 Å². The van der Waals surface area contributed by atoms with E-state index < -0.39 is 0 Å². The molecule has 0 amide bonds. The minimum atomic E-state index is 0.0451. The standard InChI is InChI=1S/C9H18O2/c1-4-8-5-7(2)6-9(10-3)11-8/h7-9H,4-6H2,1-3H3/t7-,8?,9-/m1/s1. The lowest BCUT2D eigenvalue weighted by atomic mass is 9.95. The van der Waals surface area contributed by atoms with Crippen molar-refractivity contribution in [3.05, 3.63) is 0 Å². The van der Waals surface area contributed by atoms with E-state index in [1.165, 1.54) is 6.42 Å². The van der Waals surface area contributed by atoms with Crippen LogP contribution in [0, 0.1) is 5.92 Å². The van der Waals surface area contributed by atoms with Crippen LogP contribution in [0.25, 0.3) is 0 Å². The van der Waals surface area contributed by atoms with Crippen LogP contribution in [0.15, 0.2) is 0 Å². The van der Waals surface area contributed by atoms with Gasteiger partial charge in [-0.25, -0.2) is 0 Å². The Hall–Kier alpha value is -0.0800. The Morgan fingerprint density at radius 2 is 2.18 bits per heavy atom. The molecule has 0 spiro atoms. The fourth-order valence-electron chi connectivity index (χ4n) is 1.61. The minimum Gasteiger partial charge on any atom is -0.356 e. The number of hydrogen-bond acceptors (Lipinski definition) is 2. The summed E-state index contributed by atoms with van der Waals surface area (Å²) in [4.78, 5) is 0. The molecule has 1 aliphatic heterocycles. The molecular weight excluding hydrogens is 140 g/mol. The van der Waals surface area contributed by atoms with E-state index >= 15 is 0 Å². The third-order valence-electron chi connectivity index (χ3n) is 2.32. The molecule has 2 nitrogen and oxygen atoms in total. The predicted octanol–water partition coefficient (Wildman–Crippen LogP) is 2.18. The molecule has 0 bridgehead atoms. The average Bonchev–Trinajstić information content (AvgIpc) is 2.03. The van der Waals surface area contributed by atoms with Crippen molar-refractivity contribution >= 4 is 0 Å². The Morgan fingerprint density at radius 3 is 2.73 bits per heavy atom. The van der Waals surface area contributed by atoms with E-state index in [9.17, 15) is 0 Å². The molecule has 66 valence electrons. The maximum Gasteiger partial charge on any atom is 0.157 e. The maximum atomic E-state index is 5.63. The molecule has 0 saturated carbocycles. The highest BCUT2D eigenvalue weighted by Crippen LogP contribution is 2.26. The summed E-state index contributed by atoms with van der Waals surface area (Å²) in [7, 11) is 1.72. The van der Waals surface area contributed by atoms with Crippen LogP contribution in [0.1, 0.15) is 33.1 Å². The summed E-state index contributed by atoms with van der Waals surface area (Å²) in [5.41, 5.74) is 0. The van der Waals surface area contributed by atoms with Gasteiger partial charge in [0.15, 0.2) is 6.29 Å². The van der Waals surface area contributed by atoms with E-state index in [0.29, 0.717) is 6.10 Å². The lowest BCUT2D eigenvalue weighted by molar-refractivity contribution is -0.191. The van der Waals surface area contributed by atoms with Crippen LogP contribution in [0.4, 0.5) is 0 Å². The summed E-state index contributed by atoms with van der Waals surface area (Å²) in [5, 5.41) is 0. The Labute approximate surface area is 68.9 Å². The molecule has 0 aromatic rings. The van der Waals surface area contributed by atoms with Gasteiger partial charge in [0.25, 0.3) is 0 Å². The van der Waals surface area contributed by atoms with Gasteiger partial charge >= 0.3 is 0 Å². The van der Waals surface area contributed by atoms with Gasteiger partial charge in [0.1, 0.15) is 0 Å². The smallest absolute Gasteiger partial charge is 0.157 e. The zero-order chi connectivity index (χ0) is 8.27. The third-order valence-corrected chi connectivity index (χ3v) is 2.32. The minimum absolute atomic E-state index is 0.0451. The quantitative estimate of drug-likeness (QED) is 0.613. The molecule has 1 saturated heterocycles. The second kappa shape index (κ2) is 4.07. The summed E-state index contributed by atoms with van der Waals surface area (Å²) in [6, 6.07) is 0. The van der Waals surface area contributed by atoms with Crippen molar-refractivity contribution in [2.45, 2.75) is 45.5 Å². The predicted molar refractivity (Wildman–Crippen MR) is 44.4 cm³/mol. The van der Waals surface area contributed by atoms with Crippen molar-refractivity contribution in [2.75, 3.05) is 7.11 Å². The second-order valence-electron chi connectivity index (χ2n) is 3.41. The van der Waals surface area contributed by atoms with E-state index in [4.69, 9.17) is 9.47 Å². The summed E-state index contributed by atoms with van der Waals surface area (Å²) in [6.07, 6.45) is 3.81. The van der Waals surface area contributed by atoms with Gasteiger partial charge in [0, 0.05) is 13.5 Å². The lowest BCUT2D eigenvalue weighted by Gasteiger charge is -2.32. The number of rotatable bonds is 2. The van der Waals surface area contributed by atoms with Gasteiger partial charge in [0.05, 0.1) is 6.10 Å². The maximum absolute atomic E-state index is 5.63. The van der Waals surface area contributed by atoms with Crippen LogP contribution < -0.4 is 0 Å². The van der Waals surface area contributed by atoms with Crippen LogP contribution in [-0.4, -0.2) is 19.5 Å². The van der Waals surface area contributed by atoms with Crippen molar-refractivity contribution in [1.29, 1.82) is 0 Å². The summed E-state index contributed by atoms with van der Waals surface area (Å²) < 4.78 is 10.8. The summed E-state index contributed by atoms with van der Waals surface area (Å²) in [6.45, 7) is 4.42. The normalized spacial score (nSPS) is 39.0. The molecule has 1 heterocycles. The Morgan fingerprint density at radius 1 is 1.45 bits per heavy atom. The highest BCUT2D eigenvalue weighted by atomic mass is 16.7. The molecule has 1 aliphatic rings. The lowest BCUT2D eigenvalue weighted by Crippen LogP contribution is -2.32. The average molecular weight is 158 g/mol. The van der Waals surface area contributed by atoms with Crippen molar-refractivity contribution in [2.24, 2.45) is 5.92 Å². The van der Waals surface area contributed by atoms with E-state index in [0.717, 1.165) is 18.8 Å². The van der Waals surface area contributed by atoms with Gasteiger partial charge in [-0.3, -0.25) is 0 Å². The molecule has 2 heteroatoms. The van der Waals surface area contributed by atoms with Crippen LogP contribution in [0.3, 0.4) is 0 Å². The van der Waals surface area contributed by atoms with E-state index in [1.807, 2.05) is 0 Å². The molecule has 1 fully saturated rings. The molecule has 1 rings (SSSR count). The van der Waals surface area contributed by atoms with E-state index in [-0.39, 0.29) is 6.29 Å². The van der Waals surface area contributed by atoms with Gasteiger partial charge in [-0.15, -0.1) is 0 Å². The van der Waals surface area contributed by atoms with Gasteiger partial charge < -0.3 is 9.47 Å². The van der Waals surface area contributed by atoms with Gasteiger partial charge in [-0.2, -0.15) is 0 Å². The summed E-state index contributed by atoms with van der Waals surface area (Å²) >= 11 is 0. The number of ether oxygens (including phenoxy) is 2. The van der Waals surface area contributed by atoms with Gasteiger partial charge in [0.2, 0.25) is 0 Å². The first-order valence-electron chi connectivity index (χ1n) is 4.44. The number of hydrogen-bond donors (Lipinski definition) is 0. The molecule has 0 aromatic carbocycles. The molecule has 0 radical (unpaired) electrons. The molecule has 0 aliphatic carbocycles. The molecule has 3 atom stereocenters. The summed E-state index contributed by atoms with van der Waals surface area (Å²) in [5.74, 6) is 0.749. The van der Waals surface area contributed by atoms with Crippen LogP contribution in [0.5, 0.6) is 0 Å². The van der Waals surface area contributed by atoms with Crippen LogP contribution >= 0.6 is 0 Å². The van der Waals surface area contributed by atoms with Crippen molar-refractivity contribution in [3.8, 4) is 0 Å². The first-order chi connectivity index (χ1) is 5.26. The van der Waals surface area contributed by atoms with Crippen molar-refractivity contribution in [3.63, 3.8) is 0 Å². The first kappa shape index (κ1) is 9.01. The third kappa shape index (κ3) is 2.46. The molecule has 11 heavy (non-hydrogen) atoms. The molecular formula is C9H18O2. The Bertz CT molecular complexity index is 102. The van der Waals surface area contributed by atoms with Crippen molar-refractivity contribution < 1.29 is 9.47 Å². The highest BCUT2D eigenvalue weighted by Gasteiger charge is 2.25.